The molecule has 0 aliphatic rings. The summed E-state index contributed by atoms with van der Waals surface area (Å²) in [7, 11) is 0. The van der Waals surface area contributed by atoms with E-state index in [1.165, 1.54) is 16.8 Å². The lowest BCUT2D eigenvalue weighted by Gasteiger charge is -2.02. The topological polar surface area (TPSA) is 84.8 Å². The first-order chi connectivity index (χ1) is 9.58. The van der Waals surface area contributed by atoms with Crippen LogP contribution < -0.4 is 0 Å². The number of aryl methyl sites for hydroxylation is 1. The highest BCUT2D eigenvalue weighted by atomic mass is 35.5. The standard InChI is InChI=1S/C13H11ClN4O2/c1-2-4-12-11(8-15)13(14)17(16-12)9-5-3-6-10(7-9)18(19)20/h3,5-7H,2,4H2,1H3. The lowest BCUT2D eigenvalue weighted by atomic mass is 10.2. The molecule has 7 heteroatoms. The molecule has 1 aromatic carbocycles. The number of nitro groups is 1. The van der Waals surface area contributed by atoms with Gasteiger partial charge in [-0.3, -0.25) is 10.1 Å². The second kappa shape index (κ2) is 5.72. The molecule has 6 nitrogen and oxygen atoms in total. The van der Waals surface area contributed by atoms with Crippen LogP contribution in [0.5, 0.6) is 0 Å². The Balaban J connectivity index is 2.56. The molecule has 0 saturated carbocycles. The largest absolute Gasteiger partial charge is 0.271 e. The molecular formula is C13H11ClN4O2. The number of nitrogens with zero attached hydrogens (tertiary/aromatic N) is 4. The summed E-state index contributed by atoms with van der Waals surface area (Å²) in [4.78, 5) is 10.3. The van der Waals surface area contributed by atoms with Gasteiger partial charge in [0, 0.05) is 12.1 Å². The van der Waals surface area contributed by atoms with Crippen molar-refractivity contribution < 1.29 is 4.92 Å². The van der Waals surface area contributed by atoms with Crippen LogP contribution in [0.15, 0.2) is 24.3 Å². The maximum atomic E-state index is 10.8. The van der Waals surface area contributed by atoms with Crippen molar-refractivity contribution in [1.29, 1.82) is 5.26 Å². The molecule has 0 aliphatic heterocycles. The third-order valence-corrected chi connectivity index (χ3v) is 3.13. The molecule has 0 N–H and O–H groups in total. The Morgan fingerprint density at radius 1 is 1.55 bits per heavy atom. The average Bonchev–Trinajstić information content (AvgIpc) is 2.75. The molecular weight excluding hydrogens is 280 g/mol. The Hall–Kier alpha value is -2.39. The van der Waals surface area contributed by atoms with Gasteiger partial charge in [0.1, 0.15) is 11.6 Å². The summed E-state index contributed by atoms with van der Waals surface area (Å²) in [6, 6.07) is 7.99. The van der Waals surface area contributed by atoms with Gasteiger partial charge in [-0.25, -0.2) is 4.68 Å². The zero-order valence-corrected chi connectivity index (χ0v) is 11.5. The van der Waals surface area contributed by atoms with Gasteiger partial charge in [-0.1, -0.05) is 31.0 Å². The Kier molecular flexibility index (Phi) is 4.01. The number of hydrogen-bond acceptors (Lipinski definition) is 4. The molecule has 0 aliphatic carbocycles. The fraction of sp³-hybridized carbons (Fsp3) is 0.231. The van der Waals surface area contributed by atoms with Crippen molar-refractivity contribution in [3.05, 3.63) is 50.8 Å². The molecule has 102 valence electrons. The van der Waals surface area contributed by atoms with Crippen molar-refractivity contribution in [2.75, 3.05) is 0 Å². The van der Waals surface area contributed by atoms with Crippen LogP contribution >= 0.6 is 11.6 Å². The summed E-state index contributed by atoms with van der Waals surface area (Å²) in [5.41, 5.74) is 1.33. The van der Waals surface area contributed by atoms with Crippen molar-refractivity contribution >= 4 is 17.3 Å². The van der Waals surface area contributed by atoms with Gasteiger partial charge in [0.15, 0.2) is 5.15 Å². The normalized spacial score (nSPS) is 10.2. The van der Waals surface area contributed by atoms with Crippen LogP contribution in [0.2, 0.25) is 5.15 Å². The van der Waals surface area contributed by atoms with Gasteiger partial charge in [-0.05, 0) is 12.5 Å². The fourth-order valence-corrected chi connectivity index (χ4v) is 2.16. The van der Waals surface area contributed by atoms with E-state index < -0.39 is 4.92 Å². The summed E-state index contributed by atoms with van der Waals surface area (Å²) in [6.07, 6.45) is 1.46. The number of nitriles is 1. The van der Waals surface area contributed by atoms with E-state index >= 15 is 0 Å². The summed E-state index contributed by atoms with van der Waals surface area (Å²) >= 11 is 6.14. The predicted octanol–water partition coefficient (Wildman–Crippen LogP) is 3.26. The molecule has 2 rings (SSSR count). The van der Waals surface area contributed by atoms with E-state index in [0.29, 0.717) is 23.4 Å². The Labute approximate surface area is 120 Å². The molecule has 20 heavy (non-hydrogen) atoms. The first-order valence-corrected chi connectivity index (χ1v) is 6.38. The van der Waals surface area contributed by atoms with Gasteiger partial charge >= 0.3 is 0 Å². The summed E-state index contributed by atoms with van der Waals surface area (Å²) in [6.45, 7) is 1.97. The Morgan fingerprint density at radius 3 is 2.90 bits per heavy atom. The monoisotopic (exact) mass is 290 g/mol. The number of non-ortho nitro benzene ring substituents is 1. The lowest BCUT2D eigenvalue weighted by molar-refractivity contribution is -0.384. The highest BCUT2D eigenvalue weighted by Gasteiger charge is 2.17. The van der Waals surface area contributed by atoms with Gasteiger partial charge < -0.3 is 0 Å². The number of hydrogen-bond donors (Lipinski definition) is 0. The van der Waals surface area contributed by atoms with E-state index in [2.05, 4.69) is 5.10 Å². The summed E-state index contributed by atoms with van der Waals surface area (Å²) in [5.74, 6) is 0. The van der Waals surface area contributed by atoms with Crippen LogP contribution in [-0.2, 0) is 6.42 Å². The first-order valence-electron chi connectivity index (χ1n) is 6.00. The van der Waals surface area contributed by atoms with E-state index in [1.807, 2.05) is 13.0 Å². The van der Waals surface area contributed by atoms with Crippen LogP contribution in [0.1, 0.15) is 24.6 Å². The molecule has 0 amide bonds. The second-order valence-electron chi connectivity index (χ2n) is 4.16. The maximum Gasteiger partial charge on any atom is 0.271 e. The Morgan fingerprint density at radius 2 is 2.30 bits per heavy atom. The molecule has 0 spiro atoms. The van der Waals surface area contributed by atoms with E-state index in [9.17, 15) is 10.1 Å². The van der Waals surface area contributed by atoms with Gasteiger partial charge in [0.2, 0.25) is 0 Å². The quantitative estimate of drug-likeness (QED) is 0.639. The lowest BCUT2D eigenvalue weighted by Crippen LogP contribution is -1.99. The molecule has 0 bridgehead atoms. The smallest absolute Gasteiger partial charge is 0.258 e. The summed E-state index contributed by atoms with van der Waals surface area (Å²) in [5, 5.41) is 24.4. The van der Waals surface area contributed by atoms with Crippen molar-refractivity contribution in [3.63, 3.8) is 0 Å². The van der Waals surface area contributed by atoms with Crippen molar-refractivity contribution in [3.8, 4) is 11.8 Å². The van der Waals surface area contributed by atoms with Crippen LogP contribution in [0.25, 0.3) is 5.69 Å². The first kappa shape index (κ1) is 14.0. The molecule has 0 radical (unpaired) electrons. The van der Waals surface area contributed by atoms with E-state index in [1.54, 1.807) is 12.1 Å². The summed E-state index contributed by atoms with van der Waals surface area (Å²) < 4.78 is 1.36. The zero-order chi connectivity index (χ0) is 14.7. The van der Waals surface area contributed by atoms with E-state index in [4.69, 9.17) is 16.9 Å². The third kappa shape index (κ3) is 2.49. The SMILES string of the molecule is CCCc1nn(-c2cccc([N+](=O)[O-])c2)c(Cl)c1C#N. The van der Waals surface area contributed by atoms with Crippen LogP contribution in [0.4, 0.5) is 5.69 Å². The van der Waals surface area contributed by atoms with Crippen molar-refractivity contribution in [1.82, 2.24) is 9.78 Å². The number of aromatic nitrogens is 2. The number of halogens is 1. The van der Waals surface area contributed by atoms with E-state index in [-0.39, 0.29) is 10.8 Å². The predicted molar refractivity (Wildman–Crippen MR) is 73.9 cm³/mol. The molecule has 1 aromatic heterocycles. The van der Waals surface area contributed by atoms with Crippen molar-refractivity contribution in [2.24, 2.45) is 0 Å². The molecule has 0 fully saturated rings. The fourth-order valence-electron chi connectivity index (χ4n) is 1.87. The molecule has 1 heterocycles. The molecule has 0 atom stereocenters. The minimum Gasteiger partial charge on any atom is -0.258 e. The highest BCUT2D eigenvalue weighted by Crippen LogP contribution is 2.25. The van der Waals surface area contributed by atoms with Crippen LogP contribution in [0, 0.1) is 21.4 Å². The molecule has 0 unspecified atom stereocenters. The minimum atomic E-state index is -0.487. The average molecular weight is 291 g/mol. The number of benzene rings is 1. The van der Waals surface area contributed by atoms with Gasteiger partial charge in [-0.2, -0.15) is 10.4 Å². The van der Waals surface area contributed by atoms with Crippen LogP contribution in [-0.4, -0.2) is 14.7 Å². The number of rotatable bonds is 4. The van der Waals surface area contributed by atoms with Gasteiger partial charge in [0.25, 0.3) is 5.69 Å². The maximum absolute atomic E-state index is 10.8. The number of nitro benzene ring substituents is 1. The van der Waals surface area contributed by atoms with Crippen LogP contribution in [0.3, 0.4) is 0 Å². The second-order valence-corrected chi connectivity index (χ2v) is 4.52. The molecule has 2 aromatic rings. The Bertz CT molecular complexity index is 703. The third-order valence-electron chi connectivity index (χ3n) is 2.79. The zero-order valence-electron chi connectivity index (χ0n) is 10.7. The van der Waals surface area contributed by atoms with E-state index in [0.717, 1.165) is 6.42 Å². The molecule has 0 saturated heterocycles. The van der Waals surface area contributed by atoms with Crippen molar-refractivity contribution in [2.45, 2.75) is 19.8 Å². The van der Waals surface area contributed by atoms with Gasteiger partial charge in [-0.15, -0.1) is 0 Å². The minimum absolute atomic E-state index is 0.0513. The van der Waals surface area contributed by atoms with Gasteiger partial charge in [0.05, 0.1) is 16.3 Å². The highest BCUT2D eigenvalue weighted by molar-refractivity contribution is 6.31.